The lowest BCUT2D eigenvalue weighted by Crippen LogP contribution is -2.50. The van der Waals surface area contributed by atoms with Gasteiger partial charge in [-0.1, -0.05) is 15.9 Å². The molecule has 0 bridgehead atoms. The maximum Gasteiger partial charge on any atom is 0.330 e. The van der Waals surface area contributed by atoms with Crippen molar-refractivity contribution in [3.63, 3.8) is 0 Å². The predicted octanol–water partition coefficient (Wildman–Crippen LogP) is 0.818. The molecule has 0 aliphatic carbocycles. The van der Waals surface area contributed by atoms with Gasteiger partial charge < -0.3 is 0 Å². The van der Waals surface area contributed by atoms with Gasteiger partial charge in [-0.2, -0.15) is 0 Å². The summed E-state index contributed by atoms with van der Waals surface area (Å²) < 4.78 is 0. The van der Waals surface area contributed by atoms with Gasteiger partial charge >= 0.3 is 6.03 Å². The monoisotopic (exact) mass is 284 g/mol. The number of hydrogen-bond acceptors (Lipinski definition) is 4. The van der Waals surface area contributed by atoms with Crippen LogP contribution in [0.3, 0.4) is 0 Å². The molecule has 0 unspecified atom stereocenters. The fraction of sp³-hybridized carbons (Fsp3) is 0.333. The lowest BCUT2D eigenvalue weighted by atomic mass is 10.3. The molecule has 2 heterocycles. The van der Waals surface area contributed by atoms with E-state index in [1.807, 2.05) is 0 Å². The molecule has 1 aromatic rings. The van der Waals surface area contributed by atoms with Gasteiger partial charge in [-0.05, 0) is 5.56 Å². The van der Waals surface area contributed by atoms with Crippen LogP contribution in [-0.2, 0) is 10.1 Å². The Morgan fingerprint density at radius 1 is 1.38 bits per heavy atom. The summed E-state index contributed by atoms with van der Waals surface area (Å²) >= 11 is 3.28. The number of anilines is 1. The van der Waals surface area contributed by atoms with Crippen LogP contribution in [0, 0.1) is 0 Å². The second-order valence-electron chi connectivity index (χ2n) is 3.28. The van der Waals surface area contributed by atoms with Crippen LogP contribution in [0.2, 0.25) is 0 Å². The third-order valence-electron chi connectivity index (χ3n) is 2.14. The molecule has 1 saturated heterocycles. The highest BCUT2D eigenvalue weighted by Gasteiger charge is 2.25. The molecule has 0 radical (unpaired) electrons. The van der Waals surface area contributed by atoms with Crippen molar-refractivity contribution in [2.24, 2.45) is 0 Å². The Morgan fingerprint density at radius 3 is 2.62 bits per heavy atom. The molecule has 3 amide bonds. The molecule has 1 N–H and O–H groups in total. The Morgan fingerprint density at radius 2 is 2.06 bits per heavy atom. The minimum atomic E-state index is -0.470. The number of nitrogens with one attached hydrogen (secondary N) is 1. The van der Waals surface area contributed by atoms with E-state index in [1.165, 1.54) is 4.90 Å². The Labute approximate surface area is 100 Å². The number of aromatic nitrogens is 2. The molecule has 0 saturated carbocycles. The molecular formula is C9H9BrN4O2. The molecule has 0 spiro atoms. The molecule has 1 aliphatic rings. The topological polar surface area (TPSA) is 75.2 Å². The van der Waals surface area contributed by atoms with Crippen LogP contribution < -0.4 is 10.2 Å². The summed E-state index contributed by atoms with van der Waals surface area (Å²) in [5.74, 6) is 0.0491. The Balaban J connectivity index is 2.17. The van der Waals surface area contributed by atoms with Gasteiger partial charge in [0.05, 0.1) is 0 Å². The molecule has 1 fully saturated rings. The highest BCUT2D eigenvalue weighted by molar-refractivity contribution is 9.08. The first kappa shape index (κ1) is 11.0. The van der Waals surface area contributed by atoms with E-state index in [-0.39, 0.29) is 12.3 Å². The number of imide groups is 1. The van der Waals surface area contributed by atoms with Gasteiger partial charge in [-0.15, -0.1) is 0 Å². The average Bonchev–Trinajstić information content (AvgIpc) is 2.29. The van der Waals surface area contributed by atoms with E-state index in [2.05, 4.69) is 31.2 Å². The number of halogens is 1. The van der Waals surface area contributed by atoms with Gasteiger partial charge in [0.2, 0.25) is 11.9 Å². The molecule has 2 rings (SSSR count). The van der Waals surface area contributed by atoms with Crippen LogP contribution in [0.5, 0.6) is 0 Å². The highest BCUT2D eigenvalue weighted by atomic mass is 79.9. The van der Waals surface area contributed by atoms with Crippen LogP contribution in [-0.4, -0.2) is 28.5 Å². The van der Waals surface area contributed by atoms with Crippen molar-refractivity contribution in [1.29, 1.82) is 0 Å². The van der Waals surface area contributed by atoms with E-state index in [9.17, 15) is 9.59 Å². The second-order valence-corrected chi connectivity index (χ2v) is 3.84. The summed E-state index contributed by atoms with van der Waals surface area (Å²) in [6, 6.07) is -0.470. The van der Waals surface area contributed by atoms with E-state index in [4.69, 9.17) is 0 Å². The molecule has 0 atom stereocenters. The normalized spacial score (nSPS) is 16.2. The molecule has 84 valence electrons. The van der Waals surface area contributed by atoms with E-state index >= 15 is 0 Å². The maximum atomic E-state index is 11.5. The van der Waals surface area contributed by atoms with Gasteiger partial charge in [0.1, 0.15) is 0 Å². The maximum absolute atomic E-state index is 11.5. The van der Waals surface area contributed by atoms with Crippen molar-refractivity contribution in [3.8, 4) is 0 Å². The number of alkyl halides is 1. The standard InChI is InChI=1S/C9H9BrN4O2/c10-3-6-4-11-8(12-5-6)14-2-1-7(15)13-9(14)16/h4-5H,1-3H2,(H,13,15,16). The molecule has 1 aromatic heterocycles. The van der Waals surface area contributed by atoms with Gasteiger partial charge in [0.25, 0.3) is 0 Å². The molecule has 7 heteroatoms. The van der Waals surface area contributed by atoms with Gasteiger partial charge in [-0.3, -0.25) is 15.0 Å². The lowest BCUT2D eigenvalue weighted by Gasteiger charge is -2.24. The third kappa shape index (κ3) is 2.19. The smallest absolute Gasteiger partial charge is 0.278 e. The highest BCUT2D eigenvalue weighted by Crippen LogP contribution is 2.12. The van der Waals surface area contributed by atoms with Crippen LogP contribution >= 0.6 is 15.9 Å². The average molecular weight is 285 g/mol. The number of urea groups is 1. The zero-order valence-electron chi connectivity index (χ0n) is 8.31. The SMILES string of the molecule is O=C1CCN(c2ncc(CBr)cn2)C(=O)N1. The van der Waals surface area contributed by atoms with Crippen LogP contribution in [0.4, 0.5) is 10.7 Å². The first-order valence-corrected chi connectivity index (χ1v) is 5.81. The van der Waals surface area contributed by atoms with E-state index in [0.29, 0.717) is 17.8 Å². The van der Waals surface area contributed by atoms with Crippen molar-refractivity contribution in [2.75, 3.05) is 11.4 Å². The first-order valence-electron chi connectivity index (χ1n) is 4.69. The zero-order chi connectivity index (χ0) is 11.5. The van der Waals surface area contributed by atoms with Gasteiger partial charge in [-0.25, -0.2) is 14.8 Å². The van der Waals surface area contributed by atoms with Crippen molar-refractivity contribution in [3.05, 3.63) is 18.0 Å². The van der Waals surface area contributed by atoms with Crippen molar-refractivity contribution in [1.82, 2.24) is 15.3 Å². The van der Waals surface area contributed by atoms with Crippen molar-refractivity contribution in [2.45, 2.75) is 11.8 Å². The number of hydrogen-bond donors (Lipinski definition) is 1. The Hall–Kier alpha value is -1.50. The summed E-state index contributed by atoms with van der Waals surface area (Å²) in [5, 5.41) is 2.88. The minimum Gasteiger partial charge on any atom is -0.278 e. The Bertz CT molecular complexity index is 420. The summed E-state index contributed by atoms with van der Waals surface area (Å²) in [6.07, 6.45) is 3.55. The second kappa shape index (κ2) is 4.56. The Kier molecular flexibility index (Phi) is 3.14. The van der Waals surface area contributed by atoms with E-state index in [0.717, 1.165) is 5.56 Å². The van der Waals surface area contributed by atoms with Crippen LogP contribution in [0.1, 0.15) is 12.0 Å². The molecule has 1 aliphatic heterocycles. The molecular weight excluding hydrogens is 276 g/mol. The van der Waals surface area contributed by atoms with Crippen LogP contribution in [0.25, 0.3) is 0 Å². The van der Waals surface area contributed by atoms with Gasteiger partial charge in [0, 0.05) is 30.7 Å². The lowest BCUT2D eigenvalue weighted by molar-refractivity contribution is -0.120. The van der Waals surface area contributed by atoms with Crippen LogP contribution in [0.15, 0.2) is 12.4 Å². The summed E-state index contributed by atoms with van der Waals surface area (Å²) in [7, 11) is 0. The number of rotatable bonds is 2. The van der Waals surface area contributed by atoms with Gasteiger partial charge in [0.15, 0.2) is 0 Å². The predicted molar refractivity (Wildman–Crippen MR) is 60.2 cm³/mol. The number of nitrogens with zero attached hydrogens (tertiary/aromatic N) is 3. The fourth-order valence-electron chi connectivity index (χ4n) is 1.31. The van der Waals surface area contributed by atoms with E-state index in [1.54, 1.807) is 12.4 Å². The molecule has 16 heavy (non-hydrogen) atoms. The minimum absolute atomic E-state index is 0.265. The summed E-state index contributed by atoms with van der Waals surface area (Å²) in [4.78, 5) is 31.9. The van der Waals surface area contributed by atoms with Crippen molar-refractivity contribution < 1.29 is 9.59 Å². The first-order chi connectivity index (χ1) is 7.70. The van der Waals surface area contributed by atoms with Crippen molar-refractivity contribution >= 4 is 33.8 Å². The number of carbonyl (C=O) groups is 2. The number of amides is 3. The molecule has 6 nitrogen and oxygen atoms in total. The number of carbonyl (C=O) groups excluding carboxylic acids is 2. The quantitative estimate of drug-likeness (QED) is 0.816. The summed E-state index contributed by atoms with van der Waals surface area (Å²) in [5.41, 5.74) is 0.928. The largest absolute Gasteiger partial charge is 0.330 e. The van der Waals surface area contributed by atoms with E-state index < -0.39 is 6.03 Å². The third-order valence-corrected chi connectivity index (χ3v) is 2.79. The zero-order valence-corrected chi connectivity index (χ0v) is 9.90. The fourth-order valence-corrected chi connectivity index (χ4v) is 1.60. The summed E-state index contributed by atoms with van der Waals surface area (Å²) in [6.45, 7) is 0.318. The molecule has 0 aromatic carbocycles.